The summed E-state index contributed by atoms with van der Waals surface area (Å²) in [4.78, 5) is -0.265. The lowest BCUT2D eigenvalue weighted by Gasteiger charge is -2.13. The molecule has 0 amide bonds. The minimum absolute atomic E-state index is 0.265. The number of fused-ring (bicyclic) bond motifs is 1. The highest BCUT2D eigenvalue weighted by atomic mass is 79.9. The molecule has 0 heterocycles. The summed E-state index contributed by atoms with van der Waals surface area (Å²) in [6.07, 6.45) is 0.599. The van der Waals surface area contributed by atoms with Gasteiger partial charge in [-0.3, -0.25) is 0 Å². The molecule has 0 nitrogen and oxygen atoms in total. The average Bonchev–Trinajstić information content (AvgIpc) is 2.50. The highest BCUT2D eigenvalue weighted by molar-refractivity contribution is 9.09. The Bertz CT molecular complexity index is 778. The van der Waals surface area contributed by atoms with Crippen LogP contribution < -0.4 is 0 Å². The summed E-state index contributed by atoms with van der Waals surface area (Å²) in [5, 5.41) is 2.29. The molecule has 0 saturated carbocycles. The first-order valence-corrected chi connectivity index (χ1v) is 7.63. The van der Waals surface area contributed by atoms with Gasteiger partial charge in [-0.2, -0.15) is 0 Å². The quantitative estimate of drug-likeness (QED) is 0.526. The van der Waals surface area contributed by atoms with Gasteiger partial charge in [-0.25, -0.2) is 8.78 Å². The fourth-order valence-electron chi connectivity index (χ4n) is 2.54. The molecule has 21 heavy (non-hydrogen) atoms. The number of hydrogen-bond donors (Lipinski definition) is 0. The van der Waals surface area contributed by atoms with E-state index in [1.165, 1.54) is 6.07 Å². The van der Waals surface area contributed by atoms with Crippen molar-refractivity contribution in [3.8, 4) is 0 Å². The Hall–Kier alpha value is -1.74. The summed E-state index contributed by atoms with van der Waals surface area (Å²) >= 11 is 3.49. The van der Waals surface area contributed by atoms with Gasteiger partial charge in [0.25, 0.3) is 0 Å². The second-order valence-corrected chi connectivity index (χ2v) is 6.06. The first-order chi connectivity index (χ1) is 10.2. The van der Waals surface area contributed by atoms with E-state index in [9.17, 15) is 8.78 Å². The number of alkyl halides is 1. The zero-order valence-electron chi connectivity index (χ0n) is 11.2. The van der Waals surface area contributed by atoms with Crippen molar-refractivity contribution in [1.29, 1.82) is 0 Å². The molecule has 0 aliphatic heterocycles. The van der Waals surface area contributed by atoms with Crippen molar-refractivity contribution in [3.05, 3.63) is 83.4 Å². The molecule has 0 N–H and O–H groups in total. The molecule has 0 saturated heterocycles. The molecule has 0 fully saturated rings. The average molecular weight is 347 g/mol. The van der Waals surface area contributed by atoms with Crippen molar-refractivity contribution in [1.82, 2.24) is 0 Å². The highest BCUT2D eigenvalue weighted by Gasteiger charge is 2.16. The van der Waals surface area contributed by atoms with Gasteiger partial charge in [0.05, 0.1) is 0 Å². The zero-order valence-corrected chi connectivity index (χ0v) is 12.8. The standard InChI is InChI=1S/C18H13BrF2/c19-16(15-9-4-10-17(20)18(15)21)11-13-7-3-6-12-5-1-2-8-14(12)13/h1-10,16H,11H2. The summed E-state index contributed by atoms with van der Waals surface area (Å²) in [5.41, 5.74) is 1.46. The normalized spacial score (nSPS) is 12.5. The Morgan fingerprint density at radius 3 is 2.43 bits per heavy atom. The Morgan fingerprint density at radius 1 is 0.857 bits per heavy atom. The monoisotopic (exact) mass is 346 g/mol. The second kappa shape index (κ2) is 5.94. The molecule has 1 unspecified atom stereocenters. The first-order valence-electron chi connectivity index (χ1n) is 6.71. The maximum atomic E-state index is 13.9. The zero-order chi connectivity index (χ0) is 14.8. The van der Waals surface area contributed by atoms with Gasteiger partial charge in [0.15, 0.2) is 11.6 Å². The van der Waals surface area contributed by atoms with Gasteiger partial charge in [-0.15, -0.1) is 0 Å². The van der Waals surface area contributed by atoms with E-state index in [1.807, 2.05) is 42.5 Å². The number of halogens is 3. The number of hydrogen-bond acceptors (Lipinski definition) is 0. The van der Waals surface area contributed by atoms with Crippen molar-refractivity contribution in [2.75, 3.05) is 0 Å². The molecular weight excluding hydrogens is 334 g/mol. The summed E-state index contributed by atoms with van der Waals surface area (Å²) in [6, 6.07) is 18.4. The maximum Gasteiger partial charge on any atom is 0.163 e. The van der Waals surface area contributed by atoms with Crippen LogP contribution in [0.3, 0.4) is 0 Å². The number of benzene rings is 3. The van der Waals surface area contributed by atoms with Crippen LogP contribution in [-0.4, -0.2) is 0 Å². The summed E-state index contributed by atoms with van der Waals surface area (Å²) in [5.74, 6) is -1.59. The molecule has 0 aromatic heterocycles. The molecule has 1 atom stereocenters. The second-order valence-electron chi connectivity index (χ2n) is 4.95. The van der Waals surface area contributed by atoms with Crippen LogP contribution >= 0.6 is 15.9 Å². The third kappa shape index (κ3) is 2.84. The van der Waals surface area contributed by atoms with Gasteiger partial charge < -0.3 is 0 Å². The van der Waals surface area contributed by atoms with Crippen LogP contribution in [0, 0.1) is 11.6 Å². The van der Waals surface area contributed by atoms with E-state index in [4.69, 9.17) is 0 Å². The minimum atomic E-state index is -0.810. The Morgan fingerprint density at radius 2 is 1.57 bits per heavy atom. The Balaban J connectivity index is 1.97. The molecule has 3 aromatic carbocycles. The fourth-order valence-corrected chi connectivity index (χ4v) is 3.24. The lowest BCUT2D eigenvalue weighted by atomic mass is 9.98. The Kier molecular flexibility index (Phi) is 4.02. The van der Waals surface area contributed by atoms with Gasteiger partial charge in [-0.1, -0.05) is 70.5 Å². The predicted molar refractivity (Wildman–Crippen MR) is 85.7 cm³/mol. The van der Waals surface area contributed by atoms with E-state index in [2.05, 4.69) is 15.9 Å². The van der Waals surface area contributed by atoms with Crippen LogP contribution in [0.25, 0.3) is 10.8 Å². The van der Waals surface area contributed by atoms with Gasteiger partial charge in [0.2, 0.25) is 0 Å². The van der Waals surface area contributed by atoms with Crippen molar-refractivity contribution < 1.29 is 8.78 Å². The van der Waals surface area contributed by atoms with E-state index in [1.54, 1.807) is 6.07 Å². The van der Waals surface area contributed by atoms with E-state index < -0.39 is 11.6 Å². The lowest BCUT2D eigenvalue weighted by Crippen LogP contribution is -2.01. The SMILES string of the molecule is Fc1cccc(C(Br)Cc2cccc3ccccc23)c1F. The molecule has 0 aliphatic rings. The van der Waals surface area contributed by atoms with Crippen LogP contribution in [0.1, 0.15) is 16.0 Å². The van der Waals surface area contributed by atoms with E-state index in [0.29, 0.717) is 12.0 Å². The summed E-state index contributed by atoms with van der Waals surface area (Å²) < 4.78 is 27.2. The molecule has 0 spiro atoms. The van der Waals surface area contributed by atoms with Gasteiger partial charge in [0.1, 0.15) is 0 Å². The van der Waals surface area contributed by atoms with Gasteiger partial charge in [0, 0.05) is 10.4 Å². The molecule has 0 aliphatic carbocycles. The number of rotatable bonds is 3. The minimum Gasteiger partial charge on any atom is -0.204 e. The van der Waals surface area contributed by atoms with Gasteiger partial charge in [-0.05, 0) is 28.8 Å². The van der Waals surface area contributed by atoms with E-state index in [0.717, 1.165) is 22.4 Å². The van der Waals surface area contributed by atoms with Crippen LogP contribution in [0.2, 0.25) is 0 Å². The molecular formula is C18H13BrF2. The molecule has 0 bridgehead atoms. The third-order valence-corrected chi connectivity index (χ3v) is 4.41. The van der Waals surface area contributed by atoms with Crippen LogP contribution in [0.5, 0.6) is 0 Å². The summed E-state index contributed by atoms with van der Waals surface area (Å²) in [6.45, 7) is 0. The van der Waals surface area contributed by atoms with Crippen LogP contribution in [-0.2, 0) is 6.42 Å². The van der Waals surface area contributed by atoms with Crippen molar-refractivity contribution in [2.45, 2.75) is 11.2 Å². The highest BCUT2D eigenvalue weighted by Crippen LogP contribution is 2.32. The van der Waals surface area contributed by atoms with Crippen molar-refractivity contribution >= 4 is 26.7 Å². The van der Waals surface area contributed by atoms with Gasteiger partial charge >= 0.3 is 0 Å². The topological polar surface area (TPSA) is 0 Å². The van der Waals surface area contributed by atoms with Crippen molar-refractivity contribution in [2.24, 2.45) is 0 Å². The lowest BCUT2D eigenvalue weighted by molar-refractivity contribution is 0.498. The van der Waals surface area contributed by atoms with E-state index >= 15 is 0 Å². The predicted octanol–water partition coefficient (Wildman–Crippen LogP) is 5.80. The van der Waals surface area contributed by atoms with Crippen molar-refractivity contribution in [3.63, 3.8) is 0 Å². The Labute approximate surface area is 130 Å². The smallest absolute Gasteiger partial charge is 0.163 e. The largest absolute Gasteiger partial charge is 0.204 e. The molecule has 3 heteroatoms. The summed E-state index contributed by atoms with van der Waals surface area (Å²) in [7, 11) is 0. The molecule has 106 valence electrons. The third-order valence-electron chi connectivity index (χ3n) is 3.60. The first kappa shape index (κ1) is 14.2. The molecule has 3 aromatic rings. The molecule has 3 rings (SSSR count). The fraction of sp³-hybridized carbons (Fsp3) is 0.111. The van der Waals surface area contributed by atoms with Crippen LogP contribution in [0.4, 0.5) is 8.78 Å². The maximum absolute atomic E-state index is 13.9. The molecule has 0 radical (unpaired) electrons. The van der Waals surface area contributed by atoms with Crippen LogP contribution in [0.15, 0.2) is 60.7 Å². The van der Waals surface area contributed by atoms with E-state index in [-0.39, 0.29) is 4.83 Å².